The molecule has 0 radical (unpaired) electrons. The van der Waals surface area contributed by atoms with Crippen molar-refractivity contribution in [3.8, 4) is 5.75 Å². The Labute approximate surface area is 84.7 Å². The minimum atomic E-state index is -0.228. The van der Waals surface area contributed by atoms with Crippen LogP contribution in [0.5, 0.6) is 5.75 Å². The summed E-state index contributed by atoms with van der Waals surface area (Å²) in [6.45, 7) is 2.11. The van der Waals surface area contributed by atoms with Gasteiger partial charge in [0.15, 0.2) is 0 Å². The van der Waals surface area contributed by atoms with Gasteiger partial charge in [0.2, 0.25) is 0 Å². The molecular weight excluding hydrogens is 174 g/mol. The molecule has 0 heterocycles. The van der Waals surface area contributed by atoms with Crippen LogP contribution in [0.3, 0.4) is 0 Å². The number of hydrogen-bond donors (Lipinski definition) is 2. The largest absolute Gasteiger partial charge is 0.507 e. The van der Waals surface area contributed by atoms with E-state index >= 15 is 0 Å². The molecule has 0 aromatic heterocycles. The number of aryl methyl sites for hydroxylation is 1. The topological polar surface area (TPSA) is 46.2 Å². The summed E-state index contributed by atoms with van der Waals surface area (Å²) in [5.74, 6) is 0.425. The summed E-state index contributed by atoms with van der Waals surface area (Å²) in [5.41, 5.74) is 7.81. The van der Waals surface area contributed by atoms with Crippen LogP contribution in [0, 0.1) is 0 Å². The number of rotatable bonds is 3. The number of benzene rings is 1. The van der Waals surface area contributed by atoms with E-state index in [0.29, 0.717) is 5.75 Å². The Balaban J connectivity index is 2.37. The molecule has 0 bridgehead atoms. The number of phenols is 1. The highest BCUT2D eigenvalue weighted by Crippen LogP contribution is 2.47. The molecule has 0 spiro atoms. The lowest BCUT2D eigenvalue weighted by molar-refractivity contribution is 0.452. The third kappa shape index (κ3) is 1.50. The Bertz CT molecular complexity index is 342. The number of hydrogen-bond acceptors (Lipinski definition) is 2. The van der Waals surface area contributed by atoms with Crippen molar-refractivity contribution in [1.82, 2.24) is 0 Å². The van der Waals surface area contributed by atoms with Crippen molar-refractivity contribution in [2.45, 2.75) is 38.1 Å². The number of nitrogens with two attached hydrogens (primary N) is 1. The highest BCUT2D eigenvalue weighted by Gasteiger charge is 2.42. The second-order valence-corrected chi connectivity index (χ2v) is 4.22. The van der Waals surface area contributed by atoms with E-state index < -0.39 is 0 Å². The molecule has 1 aliphatic rings. The van der Waals surface area contributed by atoms with Crippen LogP contribution in [-0.2, 0) is 12.0 Å². The first kappa shape index (κ1) is 9.53. The first-order valence-corrected chi connectivity index (χ1v) is 5.27. The predicted octanol–water partition coefficient (Wildman–Crippen LogP) is 2.29. The fourth-order valence-electron chi connectivity index (χ4n) is 1.87. The van der Waals surface area contributed by atoms with Gasteiger partial charge in [-0.1, -0.05) is 31.5 Å². The maximum atomic E-state index is 10.0. The Morgan fingerprint density at radius 3 is 2.71 bits per heavy atom. The Kier molecular flexibility index (Phi) is 2.23. The number of aromatic hydroxyl groups is 1. The summed E-state index contributed by atoms with van der Waals surface area (Å²) in [7, 11) is 0. The summed E-state index contributed by atoms with van der Waals surface area (Å²) < 4.78 is 0. The zero-order valence-electron chi connectivity index (χ0n) is 8.59. The molecule has 0 unspecified atom stereocenters. The van der Waals surface area contributed by atoms with Crippen LogP contribution < -0.4 is 5.73 Å². The zero-order chi connectivity index (χ0) is 10.2. The van der Waals surface area contributed by atoms with Crippen molar-refractivity contribution >= 4 is 0 Å². The molecule has 1 aliphatic carbocycles. The van der Waals surface area contributed by atoms with E-state index in [4.69, 9.17) is 5.73 Å². The molecule has 14 heavy (non-hydrogen) atoms. The van der Waals surface area contributed by atoms with Crippen LogP contribution >= 0.6 is 0 Å². The molecular formula is C12H17NO. The lowest BCUT2D eigenvalue weighted by Crippen LogP contribution is -2.19. The van der Waals surface area contributed by atoms with E-state index in [1.165, 1.54) is 0 Å². The molecule has 0 atom stereocenters. The fraction of sp³-hybridized carbons (Fsp3) is 0.500. The molecule has 3 N–H and O–H groups in total. The minimum Gasteiger partial charge on any atom is -0.507 e. The van der Waals surface area contributed by atoms with E-state index in [1.54, 1.807) is 0 Å². The quantitative estimate of drug-likeness (QED) is 0.770. The summed E-state index contributed by atoms with van der Waals surface area (Å²) in [5, 5.41) is 10.0. The van der Waals surface area contributed by atoms with Crippen molar-refractivity contribution < 1.29 is 5.11 Å². The molecule has 76 valence electrons. The average Bonchev–Trinajstić information content (AvgIpc) is 2.89. The van der Waals surface area contributed by atoms with Gasteiger partial charge in [0.1, 0.15) is 5.75 Å². The first-order chi connectivity index (χ1) is 6.67. The monoisotopic (exact) mass is 191 g/mol. The van der Waals surface area contributed by atoms with E-state index in [2.05, 4.69) is 6.92 Å². The molecule has 0 saturated heterocycles. The summed E-state index contributed by atoms with van der Waals surface area (Å²) in [6.07, 6.45) is 3.97. The smallest absolute Gasteiger partial charge is 0.123 e. The van der Waals surface area contributed by atoms with Gasteiger partial charge >= 0.3 is 0 Å². The normalized spacial score (nSPS) is 18.1. The maximum Gasteiger partial charge on any atom is 0.123 e. The van der Waals surface area contributed by atoms with Gasteiger partial charge in [-0.2, -0.15) is 0 Å². The Hall–Kier alpha value is -1.02. The van der Waals surface area contributed by atoms with Crippen LogP contribution in [0.15, 0.2) is 18.2 Å². The van der Waals surface area contributed by atoms with Crippen LogP contribution in [0.1, 0.15) is 37.3 Å². The highest BCUT2D eigenvalue weighted by atomic mass is 16.3. The standard InChI is InChI=1S/C12H17NO/c1-2-4-9-5-3-6-10(11(9)14)12(13)7-8-12/h3,5-6,14H,2,4,7-8,13H2,1H3. The van der Waals surface area contributed by atoms with Crippen LogP contribution in [0.4, 0.5) is 0 Å². The van der Waals surface area contributed by atoms with Crippen molar-refractivity contribution in [2.75, 3.05) is 0 Å². The maximum absolute atomic E-state index is 10.0. The SMILES string of the molecule is CCCc1cccc(C2(N)CC2)c1O. The Morgan fingerprint density at radius 1 is 1.43 bits per heavy atom. The van der Waals surface area contributed by atoms with E-state index in [1.807, 2.05) is 18.2 Å². The lowest BCUT2D eigenvalue weighted by atomic mass is 9.99. The predicted molar refractivity (Wildman–Crippen MR) is 57.2 cm³/mol. The molecule has 2 rings (SSSR count). The third-order valence-electron chi connectivity index (χ3n) is 2.96. The molecule has 0 amide bonds. The highest BCUT2D eigenvalue weighted by molar-refractivity contribution is 5.46. The molecule has 0 aliphatic heterocycles. The minimum absolute atomic E-state index is 0.228. The van der Waals surface area contributed by atoms with Gasteiger partial charge in [-0.05, 0) is 24.8 Å². The lowest BCUT2D eigenvalue weighted by Gasteiger charge is -2.14. The molecule has 1 aromatic rings. The van der Waals surface area contributed by atoms with Gasteiger partial charge in [0, 0.05) is 11.1 Å². The van der Waals surface area contributed by atoms with Crippen molar-refractivity contribution in [2.24, 2.45) is 5.73 Å². The molecule has 1 aromatic carbocycles. The molecule has 1 saturated carbocycles. The van der Waals surface area contributed by atoms with Crippen molar-refractivity contribution in [1.29, 1.82) is 0 Å². The van der Waals surface area contributed by atoms with Gasteiger partial charge in [0.25, 0.3) is 0 Å². The second-order valence-electron chi connectivity index (χ2n) is 4.22. The van der Waals surface area contributed by atoms with Crippen LogP contribution in [0.25, 0.3) is 0 Å². The van der Waals surface area contributed by atoms with E-state index in [-0.39, 0.29) is 5.54 Å². The third-order valence-corrected chi connectivity index (χ3v) is 2.96. The van der Waals surface area contributed by atoms with Gasteiger partial charge in [-0.15, -0.1) is 0 Å². The van der Waals surface area contributed by atoms with Crippen LogP contribution in [-0.4, -0.2) is 5.11 Å². The second kappa shape index (κ2) is 3.28. The molecule has 2 heteroatoms. The average molecular weight is 191 g/mol. The van der Waals surface area contributed by atoms with Gasteiger partial charge < -0.3 is 10.8 Å². The molecule has 1 fully saturated rings. The Morgan fingerprint density at radius 2 is 2.14 bits per heavy atom. The van der Waals surface area contributed by atoms with E-state index in [9.17, 15) is 5.11 Å². The van der Waals surface area contributed by atoms with Crippen LogP contribution in [0.2, 0.25) is 0 Å². The van der Waals surface area contributed by atoms with Gasteiger partial charge in [-0.3, -0.25) is 0 Å². The first-order valence-electron chi connectivity index (χ1n) is 5.27. The number of para-hydroxylation sites is 1. The summed E-state index contributed by atoms with van der Waals surface area (Å²) in [4.78, 5) is 0. The summed E-state index contributed by atoms with van der Waals surface area (Å²) >= 11 is 0. The zero-order valence-corrected chi connectivity index (χ0v) is 8.59. The summed E-state index contributed by atoms with van der Waals surface area (Å²) in [6, 6.07) is 5.92. The van der Waals surface area contributed by atoms with Gasteiger partial charge in [-0.25, -0.2) is 0 Å². The van der Waals surface area contributed by atoms with Gasteiger partial charge in [0.05, 0.1) is 0 Å². The van der Waals surface area contributed by atoms with Crippen molar-refractivity contribution in [3.63, 3.8) is 0 Å². The number of phenolic OH excluding ortho intramolecular Hbond substituents is 1. The van der Waals surface area contributed by atoms with E-state index in [0.717, 1.165) is 36.8 Å². The fourth-order valence-corrected chi connectivity index (χ4v) is 1.87. The molecule has 2 nitrogen and oxygen atoms in total. The van der Waals surface area contributed by atoms with Crippen molar-refractivity contribution in [3.05, 3.63) is 29.3 Å².